The van der Waals surface area contributed by atoms with Crippen molar-refractivity contribution in [2.24, 2.45) is 7.05 Å². The molecule has 1 aliphatic heterocycles. The summed E-state index contributed by atoms with van der Waals surface area (Å²) in [5.74, 6) is 0. The van der Waals surface area contributed by atoms with Crippen molar-refractivity contribution >= 4 is 0 Å². The van der Waals surface area contributed by atoms with E-state index in [0.29, 0.717) is 0 Å². The third-order valence-corrected chi connectivity index (χ3v) is 1.64. The maximum atomic E-state index is 5.17. The minimum Gasteiger partial charge on any atom is -0.370 e. The molecule has 2 rings (SSSR count). The Kier molecular flexibility index (Phi) is 0.873. The van der Waals surface area contributed by atoms with Gasteiger partial charge in [-0.25, -0.2) is 0 Å². The lowest BCUT2D eigenvalue weighted by atomic mass is 10.3. The number of ether oxygens (including phenoxy) is 1. The van der Waals surface area contributed by atoms with Crippen molar-refractivity contribution < 1.29 is 4.74 Å². The standard InChI is InChI=1S/C6H8N2O/c1-8-6-4-9-3-5(6)2-7-8/h2H,3-4H2,1H3. The number of aromatic nitrogens is 2. The Labute approximate surface area is 53.2 Å². The van der Waals surface area contributed by atoms with E-state index in [-0.39, 0.29) is 0 Å². The second kappa shape index (κ2) is 1.57. The molecule has 0 bridgehead atoms. The van der Waals surface area contributed by atoms with Gasteiger partial charge in [0.15, 0.2) is 0 Å². The van der Waals surface area contributed by atoms with Gasteiger partial charge in [-0.05, 0) is 0 Å². The summed E-state index contributed by atoms with van der Waals surface area (Å²) in [6.07, 6.45) is 1.86. The molecule has 1 aromatic rings. The fraction of sp³-hybridized carbons (Fsp3) is 0.500. The van der Waals surface area contributed by atoms with Gasteiger partial charge in [0, 0.05) is 12.6 Å². The fourth-order valence-corrected chi connectivity index (χ4v) is 1.07. The lowest BCUT2D eigenvalue weighted by Gasteiger charge is -1.92. The zero-order valence-corrected chi connectivity index (χ0v) is 5.29. The van der Waals surface area contributed by atoms with Crippen LogP contribution in [0.15, 0.2) is 6.20 Å². The maximum Gasteiger partial charge on any atom is 0.0892 e. The molecule has 0 fully saturated rings. The molecule has 1 aliphatic rings. The summed E-state index contributed by atoms with van der Waals surface area (Å²) in [7, 11) is 1.94. The van der Waals surface area contributed by atoms with E-state index in [2.05, 4.69) is 5.10 Å². The zero-order valence-electron chi connectivity index (χ0n) is 5.29. The maximum absolute atomic E-state index is 5.17. The highest BCUT2D eigenvalue weighted by Gasteiger charge is 2.14. The average molecular weight is 124 g/mol. The van der Waals surface area contributed by atoms with Crippen molar-refractivity contribution in [3.05, 3.63) is 17.5 Å². The van der Waals surface area contributed by atoms with Crippen molar-refractivity contribution in [2.45, 2.75) is 13.2 Å². The first kappa shape index (κ1) is 4.99. The molecule has 9 heavy (non-hydrogen) atoms. The van der Waals surface area contributed by atoms with Crippen molar-refractivity contribution in [2.75, 3.05) is 0 Å². The van der Waals surface area contributed by atoms with Crippen LogP contribution in [0.25, 0.3) is 0 Å². The highest BCUT2D eigenvalue weighted by molar-refractivity contribution is 5.18. The summed E-state index contributed by atoms with van der Waals surface area (Å²) >= 11 is 0. The van der Waals surface area contributed by atoms with Gasteiger partial charge in [-0.15, -0.1) is 0 Å². The van der Waals surface area contributed by atoms with E-state index in [1.807, 2.05) is 17.9 Å². The van der Waals surface area contributed by atoms with Crippen LogP contribution in [0, 0.1) is 0 Å². The van der Waals surface area contributed by atoms with Crippen LogP contribution >= 0.6 is 0 Å². The number of nitrogens with zero attached hydrogens (tertiary/aromatic N) is 2. The summed E-state index contributed by atoms with van der Waals surface area (Å²) in [5.41, 5.74) is 2.45. The molecule has 3 heteroatoms. The molecule has 0 saturated heterocycles. The van der Waals surface area contributed by atoms with E-state index >= 15 is 0 Å². The largest absolute Gasteiger partial charge is 0.370 e. The van der Waals surface area contributed by atoms with Crippen molar-refractivity contribution in [3.63, 3.8) is 0 Å². The molecule has 1 aromatic heterocycles. The smallest absolute Gasteiger partial charge is 0.0892 e. The summed E-state index contributed by atoms with van der Waals surface area (Å²) in [6, 6.07) is 0. The molecule has 0 amide bonds. The fourth-order valence-electron chi connectivity index (χ4n) is 1.07. The monoisotopic (exact) mass is 124 g/mol. The Morgan fingerprint density at radius 2 is 2.56 bits per heavy atom. The predicted molar refractivity (Wildman–Crippen MR) is 31.7 cm³/mol. The third-order valence-electron chi connectivity index (χ3n) is 1.64. The molecule has 0 aliphatic carbocycles. The molecule has 2 heterocycles. The lowest BCUT2D eigenvalue weighted by Crippen LogP contribution is -1.95. The molecule has 0 saturated carbocycles. The molecule has 0 N–H and O–H groups in total. The first-order valence-electron chi connectivity index (χ1n) is 2.95. The lowest BCUT2D eigenvalue weighted by molar-refractivity contribution is 0.130. The van der Waals surface area contributed by atoms with E-state index in [1.165, 1.54) is 11.3 Å². The van der Waals surface area contributed by atoms with Gasteiger partial charge in [-0.2, -0.15) is 5.10 Å². The van der Waals surface area contributed by atoms with Gasteiger partial charge in [-0.3, -0.25) is 4.68 Å². The molecular formula is C6H8N2O. The van der Waals surface area contributed by atoms with Gasteiger partial charge in [-0.1, -0.05) is 0 Å². The summed E-state index contributed by atoms with van der Waals surface area (Å²) in [5, 5.41) is 4.07. The normalized spacial score (nSPS) is 16.1. The summed E-state index contributed by atoms with van der Waals surface area (Å²) in [4.78, 5) is 0. The van der Waals surface area contributed by atoms with Gasteiger partial charge in [0.25, 0.3) is 0 Å². The molecule has 0 radical (unpaired) electrons. The van der Waals surface area contributed by atoms with Crippen LogP contribution in [0.2, 0.25) is 0 Å². The third kappa shape index (κ3) is 0.580. The van der Waals surface area contributed by atoms with E-state index < -0.39 is 0 Å². The highest BCUT2D eigenvalue weighted by Crippen LogP contribution is 2.17. The molecule has 0 spiro atoms. The Hall–Kier alpha value is -0.830. The Morgan fingerprint density at radius 1 is 1.67 bits per heavy atom. The molecule has 0 atom stereocenters. The second-order valence-corrected chi connectivity index (χ2v) is 2.23. The summed E-state index contributed by atoms with van der Waals surface area (Å²) in [6.45, 7) is 1.47. The van der Waals surface area contributed by atoms with Crippen LogP contribution < -0.4 is 0 Å². The summed E-state index contributed by atoms with van der Waals surface area (Å²) < 4.78 is 7.04. The molecular weight excluding hydrogens is 116 g/mol. The quantitative estimate of drug-likeness (QED) is 0.502. The Bertz CT molecular complexity index is 229. The number of rotatable bonds is 0. The van der Waals surface area contributed by atoms with Gasteiger partial charge in [0.2, 0.25) is 0 Å². The highest BCUT2D eigenvalue weighted by atomic mass is 16.5. The molecule has 48 valence electrons. The topological polar surface area (TPSA) is 27.1 Å². The minimum absolute atomic E-state index is 0.728. The van der Waals surface area contributed by atoms with Gasteiger partial charge >= 0.3 is 0 Å². The van der Waals surface area contributed by atoms with Crippen LogP contribution in [0.4, 0.5) is 0 Å². The van der Waals surface area contributed by atoms with Gasteiger partial charge < -0.3 is 4.74 Å². The Balaban J connectivity index is 2.56. The molecule has 0 aromatic carbocycles. The van der Waals surface area contributed by atoms with E-state index in [9.17, 15) is 0 Å². The van der Waals surface area contributed by atoms with Gasteiger partial charge in [0.1, 0.15) is 0 Å². The van der Waals surface area contributed by atoms with E-state index in [1.54, 1.807) is 0 Å². The van der Waals surface area contributed by atoms with E-state index in [0.717, 1.165) is 13.2 Å². The first-order chi connectivity index (χ1) is 4.38. The number of hydrogen-bond donors (Lipinski definition) is 0. The zero-order chi connectivity index (χ0) is 6.27. The van der Waals surface area contributed by atoms with Crippen LogP contribution in [0.1, 0.15) is 11.3 Å². The van der Waals surface area contributed by atoms with Crippen LogP contribution in [-0.4, -0.2) is 9.78 Å². The minimum atomic E-state index is 0.728. The molecule has 3 nitrogen and oxygen atoms in total. The van der Waals surface area contributed by atoms with Gasteiger partial charge in [0.05, 0.1) is 25.1 Å². The van der Waals surface area contributed by atoms with Crippen molar-refractivity contribution in [1.29, 1.82) is 0 Å². The van der Waals surface area contributed by atoms with Crippen LogP contribution in [-0.2, 0) is 25.0 Å². The first-order valence-corrected chi connectivity index (χ1v) is 2.95. The number of hydrogen-bond acceptors (Lipinski definition) is 2. The number of aryl methyl sites for hydroxylation is 1. The number of fused-ring (bicyclic) bond motifs is 1. The Morgan fingerprint density at radius 3 is 3.33 bits per heavy atom. The predicted octanol–water partition coefficient (Wildman–Crippen LogP) is 0.450. The van der Waals surface area contributed by atoms with Crippen molar-refractivity contribution in [3.8, 4) is 0 Å². The average Bonchev–Trinajstić information content (AvgIpc) is 2.35. The van der Waals surface area contributed by atoms with Crippen LogP contribution in [0.5, 0.6) is 0 Å². The molecule has 0 unspecified atom stereocenters. The second-order valence-electron chi connectivity index (χ2n) is 2.23. The van der Waals surface area contributed by atoms with E-state index in [4.69, 9.17) is 4.74 Å². The van der Waals surface area contributed by atoms with Crippen LogP contribution in [0.3, 0.4) is 0 Å². The SMILES string of the molecule is Cn1ncc2c1COC2. The van der Waals surface area contributed by atoms with Crippen molar-refractivity contribution in [1.82, 2.24) is 9.78 Å².